The van der Waals surface area contributed by atoms with Gasteiger partial charge in [0.25, 0.3) is 0 Å². The molecule has 4 nitrogen and oxygen atoms in total. The van der Waals surface area contributed by atoms with E-state index in [1.54, 1.807) is 6.92 Å². The van der Waals surface area contributed by atoms with Gasteiger partial charge in [0.1, 0.15) is 6.01 Å². The molecule has 0 fully saturated rings. The molecule has 0 aliphatic heterocycles. The highest BCUT2D eigenvalue weighted by Gasteiger charge is 2.04. The van der Waals surface area contributed by atoms with Gasteiger partial charge in [-0.1, -0.05) is 0 Å². The van der Waals surface area contributed by atoms with Crippen LogP contribution in [0.15, 0.2) is 9.98 Å². The first-order valence-electron chi connectivity index (χ1n) is 3.80. The molecule has 0 aromatic carbocycles. The number of carbonyl (C=O) groups is 1. The molecule has 0 atom stereocenters. The molecule has 0 aromatic rings. The fourth-order valence-electron chi connectivity index (χ4n) is 0.372. The van der Waals surface area contributed by atoms with Crippen LogP contribution in [0.4, 0.5) is 4.79 Å². The standard InChI is InChI=1S/C8H14N2O2/c1-5-12-7(11)9-6-10-8(2,3)4/h5H2,1-4H3. The Morgan fingerprint density at radius 2 is 2.08 bits per heavy atom. The third-order valence-corrected chi connectivity index (χ3v) is 0.795. The van der Waals surface area contributed by atoms with E-state index in [0.717, 1.165) is 0 Å². The summed E-state index contributed by atoms with van der Waals surface area (Å²) in [5.41, 5.74) is -0.254. The zero-order valence-corrected chi connectivity index (χ0v) is 7.92. The molecule has 0 saturated heterocycles. The zero-order chi connectivity index (χ0) is 9.61. The van der Waals surface area contributed by atoms with Gasteiger partial charge in [0, 0.05) is 0 Å². The first kappa shape index (κ1) is 10.8. The Kier molecular flexibility index (Phi) is 4.22. The average Bonchev–Trinajstić information content (AvgIpc) is 1.84. The van der Waals surface area contributed by atoms with Crippen molar-refractivity contribution >= 4 is 12.1 Å². The first-order valence-corrected chi connectivity index (χ1v) is 3.80. The van der Waals surface area contributed by atoms with Gasteiger partial charge >= 0.3 is 6.09 Å². The van der Waals surface area contributed by atoms with Crippen molar-refractivity contribution in [2.75, 3.05) is 6.61 Å². The van der Waals surface area contributed by atoms with E-state index < -0.39 is 6.09 Å². The maximum Gasteiger partial charge on any atom is 0.443 e. The first-order chi connectivity index (χ1) is 5.45. The van der Waals surface area contributed by atoms with Crippen molar-refractivity contribution in [1.29, 1.82) is 0 Å². The molecule has 0 spiro atoms. The molecule has 0 saturated carbocycles. The number of rotatable bonds is 1. The van der Waals surface area contributed by atoms with Crippen molar-refractivity contribution in [3.8, 4) is 0 Å². The Morgan fingerprint density at radius 3 is 2.50 bits per heavy atom. The summed E-state index contributed by atoms with van der Waals surface area (Å²) in [6.45, 7) is 7.70. The summed E-state index contributed by atoms with van der Waals surface area (Å²) in [7, 11) is 0. The van der Waals surface area contributed by atoms with Crippen LogP contribution < -0.4 is 0 Å². The number of ether oxygens (including phenoxy) is 1. The van der Waals surface area contributed by atoms with Crippen molar-refractivity contribution in [1.82, 2.24) is 0 Å². The van der Waals surface area contributed by atoms with Crippen molar-refractivity contribution in [3.05, 3.63) is 0 Å². The zero-order valence-electron chi connectivity index (χ0n) is 7.92. The second-order valence-electron chi connectivity index (χ2n) is 3.19. The van der Waals surface area contributed by atoms with Gasteiger partial charge in [-0.3, -0.25) is 0 Å². The predicted molar refractivity (Wildman–Crippen MR) is 46.6 cm³/mol. The molecule has 0 radical (unpaired) electrons. The molecule has 4 heteroatoms. The van der Waals surface area contributed by atoms with Gasteiger partial charge in [0.05, 0.1) is 12.1 Å². The number of aliphatic imine (C=N–C) groups is 2. The fourth-order valence-corrected chi connectivity index (χ4v) is 0.372. The van der Waals surface area contributed by atoms with E-state index in [0.29, 0.717) is 6.61 Å². The van der Waals surface area contributed by atoms with Gasteiger partial charge < -0.3 is 4.74 Å². The highest BCUT2D eigenvalue weighted by atomic mass is 16.5. The summed E-state index contributed by atoms with van der Waals surface area (Å²) in [6, 6.07) is 2.29. The molecule has 0 heterocycles. The van der Waals surface area contributed by atoms with E-state index in [-0.39, 0.29) is 5.54 Å². The van der Waals surface area contributed by atoms with Crippen molar-refractivity contribution < 1.29 is 9.53 Å². The lowest BCUT2D eigenvalue weighted by Gasteiger charge is -2.06. The number of nitrogens with zero attached hydrogens (tertiary/aromatic N) is 2. The normalized spacial score (nSPS) is 10.0. The van der Waals surface area contributed by atoms with Gasteiger partial charge in [-0.15, -0.1) is 4.99 Å². The molecule has 0 unspecified atom stereocenters. The van der Waals surface area contributed by atoms with E-state index >= 15 is 0 Å². The molecular formula is C8H14N2O2. The van der Waals surface area contributed by atoms with Crippen LogP contribution in [-0.2, 0) is 4.74 Å². The van der Waals surface area contributed by atoms with Crippen LogP contribution in [-0.4, -0.2) is 24.2 Å². The summed E-state index contributed by atoms with van der Waals surface area (Å²) < 4.78 is 4.53. The van der Waals surface area contributed by atoms with Crippen LogP contribution in [0.1, 0.15) is 27.7 Å². The van der Waals surface area contributed by atoms with Gasteiger partial charge in [0.15, 0.2) is 0 Å². The maximum atomic E-state index is 10.6. The Hall–Kier alpha value is -1.15. The van der Waals surface area contributed by atoms with Crippen LogP contribution in [0, 0.1) is 0 Å². The minimum absolute atomic E-state index is 0.254. The lowest BCUT2D eigenvalue weighted by atomic mass is 10.1. The number of hydrogen-bond donors (Lipinski definition) is 0. The molecule has 0 bridgehead atoms. The molecule has 0 rings (SSSR count). The van der Waals surface area contributed by atoms with Gasteiger partial charge in [-0.05, 0) is 27.7 Å². The third kappa shape index (κ3) is 6.96. The summed E-state index contributed by atoms with van der Waals surface area (Å²) in [6.07, 6.45) is -0.648. The van der Waals surface area contributed by atoms with Gasteiger partial charge in [0.2, 0.25) is 0 Å². The molecule has 1 amide bonds. The predicted octanol–water partition coefficient (Wildman–Crippen LogP) is 2.12. The third-order valence-electron chi connectivity index (χ3n) is 0.795. The summed E-state index contributed by atoms with van der Waals surface area (Å²) >= 11 is 0. The number of hydrogen-bond acceptors (Lipinski definition) is 3. The largest absolute Gasteiger partial charge is 0.448 e. The van der Waals surface area contributed by atoms with Crippen molar-refractivity contribution in [3.63, 3.8) is 0 Å². The Morgan fingerprint density at radius 1 is 1.50 bits per heavy atom. The molecule has 12 heavy (non-hydrogen) atoms. The van der Waals surface area contributed by atoms with Gasteiger partial charge in [-0.25, -0.2) is 9.79 Å². The SMILES string of the molecule is CCOC(=O)N=C=NC(C)(C)C. The summed E-state index contributed by atoms with van der Waals surface area (Å²) in [5, 5.41) is 0. The quantitative estimate of drug-likeness (QED) is 0.566. The van der Waals surface area contributed by atoms with E-state index in [4.69, 9.17) is 0 Å². The van der Waals surface area contributed by atoms with Crippen LogP contribution in [0.3, 0.4) is 0 Å². The molecule has 0 N–H and O–H groups in total. The number of carbonyl (C=O) groups excluding carboxylic acids is 1. The molecule has 0 aromatic heterocycles. The molecular weight excluding hydrogens is 156 g/mol. The minimum atomic E-state index is -0.648. The van der Waals surface area contributed by atoms with Crippen molar-refractivity contribution in [2.24, 2.45) is 9.98 Å². The second-order valence-corrected chi connectivity index (χ2v) is 3.19. The van der Waals surface area contributed by atoms with Crippen LogP contribution in [0.25, 0.3) is 0 Å². The smallest absolute Gasteiger partial charge is 0.443 e. The van der Waals surface area contributed by atoms with Crippen LogP contribution in [0.2, 0.25) is 0 Å². The molecule has 68 valence electrons. The van der Waals surface area contributed by atoms with E-state index in [1.807, 2.05) is 20.8 Å². The summed E-state index contributed by atoms with van der Waals surface area (Å²) in [5.74, 6) is 0. The van der Waals surface area contributed by atoms with Crippen LogP contribution >= 0.6 is 0 Å². The molecule has 0 aliphatic carbocycles. The lowest BCUT2D eigenvalue weighted by Crippen LogP contribution is -2.08. The van der Waals surface area contributed by atoms with E-state index in [9.17, 15) is 4.79 Å². The Labute approximate surface area is 72.4 Å². The lowest BCUT2D eigenvalue weighted by molar-refractivity contribution is 0.164. The Balaban J connectivity index is 4.06. The monoisotopic (exact) mass is 170 g/mol. The minimum Gasteiger partial charge on any atom is -0.448 e. The molecule has 0 aliphatic rings. The Bertz CT molecular complexity index is 210. The topological polar surface area (TPSA) is 51.0 Å². The van der Waals surface area contributed by atoms with Gasteiger partial charge in [-0.2, -0.15) is 0 Å². The van der Waals surface area contributed by atoms with Crippen molar-refractivity contribution in [2.45, 2.75) is 33.2 Å². The summed E-state index contributed by atoms with van der Waals surface area (Å²) in [4.78, 5) is 17.8. The van der Waals surface area contributed by atoms with E-state index in [1.165, 1.54) is 0 Å². The maximum absolute atomic E-state index is 10.6. The van der Waals surface area contributed by atoms with E-state index in [2.05, 4.69) is 20.7 Å². The highest BCUT2D eigenvalue weighted by Crippen LogP contribution is 2.03. The highest BCUT2D eigenvalue weighted by molar-refractivity contribution is 5.75. The van der Waals surface area contributed by atoms with Crippen LogP contribution in [0.5, 0.6) is 0 Å². The fraction of sp³-hybridized carbons (Fsp3) is 0.750. The second kappa shape index (κ2) is 4.67. The number of amides is 1. The average molecular weight is 170 g/mol.